The van der Waals surface area contributed by atoms with Crippen LogP contribution in [-0.4, -0.2) is 33.1 Å². The Kier molecular flexibility index (Phi) is 2.41. The summed E-state index contributed by atoms with van der Waals surface area (Å²) in [6, 6.07) is -0.521. The average molecular weight is 221 g/mol. The number of nitrogens with zero attached hydrogens (tertiary/aromatic N) is 3. The Bertz CT molecular complexity index is 450. The monoisotopic (exact) mass is 221 g/mol. The Hall–Kier alpha value is -1.85. The van der Waals surface area contributed by atoms with E-state index in [1.807, 2.05) is 27.1 Å². The van der Waals surface area contributed by atoms with E-state index in [9.17, 15) is 4.79 Å². The maximum absolute atomic E-state index is 11.6. The van der Waals surface area contributed by atoms with Gasteiger partial charge in [0.2, 0.25) is 0 Å². The molecule has 2 amide bonds. The summed E-state index contributed by atoms with van der Waals surface area (Å²) in [5.74, 6) is 0.225. The number of likely N-dealkylation sites (N-methyl/N-ethyl adjacent to an activating group) is 1. The number of aromatic nitrogens is 2. The number of hydrogen-bond donors (Lipinski definition) is 2. The number of amides is 2. The molecule has 1 aliphatic heterocycles. The lowest BCUT2D eigenvalue weighted by molar-refractivity contribution is 0.209. The van der Waals surface area contributed by atoms with Crippen LogP contribution in [0.2, 0.25) is 0 Å². The third-order valence-electron chi connectivity index (χ3n) is 2.77. The minimum Gasteiger partial charge on any atom is -0.310 e. The Morgan fingerprint density at radius 3 is 2.81 bits per heavy atom. The number of carbonyl (C=O) groups excluding carboxylic acids is 1. The van der Waals surface area contributed by atoms with Crippen molar-refractivity contribution < 1.29 is 4.79 Å². The number of nitrogens with one attached hydrogen (secondary N) is 2. The van der Waals surface area contributed by atoms with E-state index >= 15 is 0 Å². The fourth-order valence-corrected chi connectivity index (χ4v) is 2.06. The normalized spacial score (nSPS) is 20.4. The zero-order valence-electron chi connectivity index (χ0n) is 9.61. The van der Waals surface area contributed by atoms with Gasteiger partial charge in [0.05, 0.1) is 5.69 Å². The Balaban J connectivity index is 2.42. The van der Waals surface area contributed by atoms with Crippen molar-refractivity contribution in [3.05, 3.63) is 17.5 Å². The van der Waals surface area contributed by atoms with E-state index in [0.717, 1.165) is 11.3 Å². The molecule has 6 nitrogen and oxygen atoms in total. The van der Waals surface area contributed by atoms with Crippen LogP contribution in [0.4, 0.5) is 4.79 Å². The first-order valence-corrected chi connectivity index (χ1v) is 5.20. The molecule has 1 unspecified atom stereocenters. The van der Waals surface area contributed by atoms with Gasteiger partial charge in [0.1, 0.15) is 11.9 Å². The van der Waals surface area contributed by atoms with Gasteiger partial charge in [0, 0.05) is 25.4 Å². The summed E-state index contributed by atoms with van der Waals surface area (Å²) in [7, 11) is 1.83. The van der Waals surface area contributed by atoms with Gasteiger partial charge in [0.15, 0.2) is 0 Å². The van der Waals surface area contributed by atoms with Gasteiger partial charge in [-0.15, -0.1) is 0 Å². The molecule has 1 aromatic rings. The number of carbonyl (C=O) groups is 1. The van der Waals surface area contributed by atoms with Crippen LogP contribution in [0.25, 0.3) is 0 Å². The lowest BCUT2D eigenvalue weighted by atomic mass is 10.1. The summed E-state index contributed by atoms with van der Waals surface area (Å²) >= 11 is 0. The van der Waals surface area contributed by atoms with Gasteiger partial charge in [-0.3, -0.25) is 15.4 Å². The van der Waals surface area contributed by atoms with Crippen LogP contribution in [0.5, 0.6) is 0 Å². The summed E-state index contributed by atoms with van der Waals surface area (Å²) in [6.07, 6.45) is 1.86. The van der Waals surface area contributed by atoms with Gasteiger partial charge < -0.3 is 4.90 Å². The third kappa shape index (κ3) is 1.46. The highest BCUT2D eigenvalue weighted by atomic mass is 16.2. The van der Waals surface area contributed by atoms with E-state index in [4.69, 9.17) is 5.41 Å². The summed E-state index contributed by atoms with van der Waals surface area (Å²) in [5, 5.41) is 14.6. The van der Waals surface area contributed by atoms with Crippen LogP contribution >= 0.6 is 0 Å². The average Bonchev–Trinajstić information content (AvgIpc) is 2.66. The number of hydrogen-bond acceptors (Lipinski definition) is 3. The molecular weight excluding hydrogens is 206 g/mol. The lowest BCUT2D eigenvalue weighted by Crippen LogP contribution is -2.29. The van der Waals surface area contributed by atoms with Crippen molar-refractivity contribution in [1.82, 2.24) is 20.0 Å². The SMILES string of the molecule is CCN1C(=O)NC(=N)C1c1cn(C)nc1C. The first kappa shape index (κ1) is 10.7. The Morgan fingerprint density at radius 1 is 1.62 bits per heavy atom. The van der Waals surface area contributed by atoms with Crippen molar-refractivity contribution in [2.45, 2.75) is 19.9 Å². The largest absolute Gasteiger partial charge is 0.323 e. The number of aryl methyl sites for hydroxylation is 2. The quantitative estimate of drug-likeness (QED) is 0.774. The molecule has 0 saturated carbocycles. The fraction of sp³-hybridized carbons (Fsp3) is 0.500. The molecule has 1 fully saturated rings. The summed E-state index contributed by atoms with van der Waals surface area (Å²) in [4.78, 5) is 13.2. The van der Waals surface area contributed by atoms with Crippen LogP contribution in [0.3, 0.4) is 0 Å². The van der Waals surface area contributed by atoms with Gasteiger partial charge in [-0.25, -0.2) is 4.79 Å². The molecule has 2 heterocycles. The second-order valence-electron chi connectivity index (χ2n) is 3.88. The van der Waals surface area contributed by atoms with Crippen LogP contribution in [0.15, 0.2) is 6.20 Å². The molecule has 0 bridgehead atoms. The van der Waals surface area contributed by atoms with E-state index in [0.29, 0.717) is 6.54 Å². The number of urea groups is 1. The van der Waals surface area contributed by atoms with Crippen molar-refractivity contribution in [3.8, 4) is 0 Å². The zero-order valence-corrected chi connectivity index (χ0v) is 9.61. The molecule has 2 N–H and O–H groups in total. The topological polar surface area (TPSA) is 74.0 Å². The molecule has 1 aliphatic rings. The Labute approximate surface area is 93.7 Å². The van der Waals surface area contributed by atoms with Crippen molar-refractivity contribution in [2.75, 3.05) is 6.54 Å². The van der Waals surface area contributed by atoms with Crippen LogP contribution in [-0.2, 0) is 7.05 Å². The predicted octanol–water partition coefficient (Wildman–Crippen LogP) is 0.792. The molecule has 1 aromatic heterocycles. The Morgan fingerprint density at radius 2 is 2.31 bits per heavy atom. The molecule has 0 radical (unpaired) electrons. The number of amidine groups is 1. The molecule has 1 saturated heterocycles. The first-order valence-electron chi connectivity index (χ1n) is 5.20. The summed E-state index contributed by atoms with van der Waals surface area (Å²) in [5.41, 5.74) is 1.76. The van der Waals surface area contributed by atoms with E-state index in [1.165, 1.54) is 0 Å². The highest BCUT2D eigenvalue weighted by Gasteiger charge is 2.37. The van der Waals surface area contributed by atoms with Crippen molar-refractivity contribution in [1.29, 1.82) is 5.41 Å². The molecule has 0 aromatic carbocycles. The molecular formula is C10H15N5O. The van der Waals surface area contributed by atoms with Crippen LogP contribution in [0.1, 0.15) is 24.2 Å². The van der Waals surface area contributed by atoms with E-state index < -0.39 is 0 Å². The molecule has 2 rings (SSSR count). The minimum atomic E-state index is -0.314. The van der Waals surface area contributed by atoms with Gasteiger partial charge >= 0.3 is 6.03 Å². The maximum atomic E-state index is 11.6. The molecule has 16 heavy (non-hydrogen) atoms. The zero-order chi connectivity index (χ0) is 11.9. The van der Waals surface area contributed by atoms with Crippen LogP contribution in [0, 0.1) is 12.3 Å². The second-order valence-corrected chi connectivity index (χ2v) is 3.88. The lowest BCUT2D eigenvalue weighted by Gasteiger charge is -2.20. The third-order valence-corrected chi connectivity index (χ3v) is 2.77. The van der Waals surface area contributed by atoms with Gasteiger partial charge in [0.25, 0.3) is 0 Å². The van der Waals surface area contributed by atoms with Crippen LogP contribution < -0.4 is 5.32 Å². The van der Waals surface area contributed by atoms with E-state index in [2.05, 4.69) is 10.4 Å². The summed E-state index contributed by atoms with van der Waals surface area (Å²) < 4.78 is 1.70. The van der Waals surface area contributed by atoms with Gasteiger partial charge in [-0.1, -0.05) is 0 Å². The smallest absolute Gasteiger partial charge is 0.310 e. The van der Waals surface area contributed by atoms with Gasteiger partial charge in [-0.05, 0) is 13.8 Å². The highest BCUT2D eigenvalue weighted by Crippen LogP contribution is 2.27. The molecule has 6 heteroatoms. The maximum Gasteiger partial charge on any atom is 0.323 e. The number of rotatable bonds is 2. The van der Waals surface area contributed by atoms with Crippen molar-refractivity contribution in [3.63, 3.8) is 0 Å². The van der Waals surface area contributed by atoms with Gasteiger partial charge in [-0.2, -0.15) is 5.10 Å². The van der Waals surface area contributed by atoms with E-state index in [1.54, 1.807) is 9.58 Å². The first-order chi connectivity index (χ1) is 7.54. The molecule has 0 spiro atoms. The second kappa shape index (κ2) is 3.62. The minimum absolute atomic E-state index is 0.208. The van der Waals surface area contributed by atoms with E-state index in [-0.39, 0.29) is 17.9 Å². The molecule has 1 atom stereocenters. The standard InChI is InChI=1S/C10H15N5O/c1-4-15-8(9(11)12-10(15)16)7-5-14(3)13-6(7)2/h5,8H,4H2,1-3H3,(H2,11,12,16). The predicted molar refractivity (Wildman–Crippen MR) is 59.3 cm³/mol. The summed E-state index contributed by atoms with van der Waals surface area (Å²) in [6.45, 7) is 4.36. The van der Waals surface area contributed by atoms with Crippen molar-refractivity contribution in [2.24, 2.45) is 7.05 Å². The fourth-order valence-electron chi connectivity index (χ4n) is 2.06. The highest BCUT2D eigenvalue weighted by molar-refractivity contribution is 6.06. The molecule has 86 valence electrons. The molecule has 0 aliphatic carbocycles. The van der Waals surface area contributed by atoms with Crippen molar-refractivity contribution >= 4 is 11.9 Å².